The van der Waals surface area contributed by atoms with Gasteiger partial charge in [-0.25, -0.2) is 13.8 Å². The van der Waals surface area contributed by atoms with Crippen LogP contribution in [0.1, 0.15) is 5.56 Å². The van der Waals surface area contributed by atoms with E-state index in [9.17, 15) is 13.2 Å². The van der Waals surface area contributed by atoms with Crippen molar-refractivity contribution in [3.8, 4) is 17.6 Å². The molecule has 0 aliphatic carbocycles. The van der Waals surface area contributed by atoms with Gasteiger partial charge in [-0.3, -0.25) is 9.10 Å². The average molecular weight is 416 g/mol. The number of hydrogen-bond acceptors (Lipinski definition) is 7. The monoisotopic (exact) mass is 416 g/mol. The number of amides is 1. The van der Waals surface area contributed by atoms with Crippen molar-refractivity contribution in [1.82, 2.24) is 5.43 Å². The third kappa shape index (κ3) is 6.51. The molecule has 0 saturated heterocycles. The van der Waals surface area contributed by atoms with E-state index in [0.29, 0.717) is 17.1 Å². The fraction of sp³-hybridized carbons (Fsp3) is 0.211. The number of rotatable bonds is 9. The van der Waals surface area contributed by atoms with Crippen LogP contribution in [0.25, 0.3) is 0 Å². The highest BCUT2D eigenvalue weighted by molar-refractivity contribution is 7.92. The first-order valence-electron chi connectivity index (χ1n) is 8.37. The first-order chi connectivity index (χ1) is 13.8. The average Bonchev–Trinajstić information content (AvgIpc) is 2.70. The lowest BCUT2D eigenvalue weighted by Crippen LogP contribution is -2.39. The molecule has 10 heteroatoms. The van der Waals surface area contributed by atoms with E-state index in [1.165, 1.54) is 13.3 Å². The van der Waals surface area contributed by atoms with E-state index in [1.807, 2.05) is 6.07 Å². The Morgan fingerprint density at radius 3 is 2.55 bits per heavy atom. The molecule has 0 radical (unpaired) electrons. The van der Waals surface area contributed by atoms with Crippen molar-refractivity contribution in [2.75, 3.05) is 30.8 Å². The van der Waals surface area contributed by atoms with Crippen LogP contribution in [0.5, 0.6) is 11.5 Å². The molecule has 2 rings (SSSR count). The molecule has 0 heterocycles. The van der Waals surface area contributed by atoms with Gasteiger partial charge in [0.05, 0.1) is 25.3 Å². The maximum atomic E-state index is 12.2. The van der Waals surface area contributed by atoms with Crippen LogP contribution in [0.3, 0.4) is 0 Å². The minimum atomic E-state index is -3.73. The van der Waals surface area contributed by atoms with Crippen molar-refractivity contribution in [1.29, 1.82) is 5.26 Å². The number of carbonyl (C=O) groups excluding carboxylic acids is 1. The first-order valence-corrected chi connectivity index (χ1v) is 10.2. The normalized spacial score (nSPS) is 10.9. The third-order valence-electron chi connectivity index (χ3n) is 3.63. The molecule has 1 amide bonds. The van der Waals surface area contributed by atoms with E-state index in [0.717, 1.165) is 10.6 Å². The van der Waals surface area contributed by atoms with Gasteiger partial charge >= 0.3 is 0 Å². The number of para-hydroxylation sites is 2. The fourth-order valence-electron chi connectivity index (χ4n) is 2.33. The predicted octanol–water partition coefficient (Wildman–Crippen LogP) is 1.51. The molecule has 29 heavy (non-hydrogen) atoms. The highest BCUT2D eigenvalue weighted by Gasteiger charge is 2.23. The van der Waals surface area contributed by atoms with Gasteiger partial charge in [-0.2, -0.15) is 10.4 Å². The van der Waals surface area contributed by atoms with Crippen LogP contribution in [-0.4, -0.2) is 47.1 Å². The number of hydrogen-bond donors (Lipinski definition) is 1. The SMILES string of the molecule is COc1ccccc1N(CC(=O)N/N=C/c1ccc(OCC#N)cc1)S(C)(=O)=O. The Balaban J connectivity index is 2.04. The van der Waals surface area contributed by atoms with Crippen LogP contribution in [0.4, 0.5) is 5.69 Å². The molecule has 2 aromatic carbocycles. The Morgan fingerprint density at radius 2 is 1.93 bits per heavy atom. The summed E-state index contributed by atoms with van der Waals surface area (Å²) >= 11 is 0. The molecule has 1 N–H and O–H groups in total. The Hall–Kier alpha value is -3.58. The fourth-order valence-corrected chi connectivity index (χ4v) is 3.19. The second-order valence-electron chi connectivity index (χ2n) is 5.75. The minimum absolute atomic E-state index is 0.0491. The largest absolute Gasteiger partial charge is 0.495 e. The summed E-state index contributed by atoms with van der Waals surface area (Å²) in [7, 11) is -2.31. The van der Waals surface area contributed by atoms with E-state index in [4.69, 9.17) is 14.7 Å². The summed E-state index contributed by atoms with van der Waals surface area (Å²) in [6.45, 7) is -0.510. The van der Waals surface area contributed by atoms with Crippen molar-refractivity contribution in [3.05, 3.63) is 54.1 Å². The van der Waals surface area contributed by atoms with Gasteiger partial charge in [0, 0.05) is 0 Å². The highest BCUT2D eigenvalue weighted by atomic mass is 32.2. The minimum Gasteiger partial charge on any atom is -0.495 e. The zero-order valence-electron chi connectivity index (χ0n) is 15.9. The van der Waals surface area contributed by atoms with Crippen molar-refractivity contribution < 1.29 is 22.7 Å². The summed E-state index contributed by atoms with van der Waals surface area (Å²) in [6, 6.07) is 15.1. The summed E-state index contributed by atoms with van der Waals surface area (Å²) in [6.07, 6.45) is 2.41. The van der Waals surface area contributed by atoms with E-state index in [2.05, 4.69) is 10.5 Å². The number of nitrogens with zero attached hydrogens (tertiary/aromatic N) is 3. The van der Waals surface area contributed by atoms with Gasteiger partial charge in [0.15, 0.2) is 6.61 Å². The lowest BCUT2D eigenvalue weighted by molar-refractivity contribution is -0.119. The Morgan fingerprint density at radius 1 is 1.24 bits per heavy atom. The van der Waals surface area contributed by atoms with Crippen molar-refractivity contribution in [3.63, 3.8) is 0 Å². The zero-order chi connectivity index (χ0) is 21.3. The molecular formula is C19H20N4O5S. The van der Waals surface area contributed by atoms with Gasteiger partial charge in [-0.05, 0) is 42.0 Å². The van der Waals surface area contributed by atoms with Gasteiger partial charge in [0.1, 0.15) is 24.1 Å². The number of nitrogens with one attached hydrogen (secondary N) is 1. The van der Waals surface area contributed by atoms with Crippen molar-refractivity contribution >= 4 is 27.8 Å². The number of hydrazone groups is 1. The van der Waals surface area contributed by atoms with Crippen LogP contribution in [0, 0.1) is 11.3 Å². The molecule has 152 valence electrons. The topological polar surface area (TPSA) is 121 Å². The van der Waals surface area contributed by atoms with Crippen LogP contribution in [-0.2, 0) is 14.8 Å². The van der Waals surface area contributed by atoms with Gasteiger partial charge in [-0.1, -0.05) is 12.1 Å². The molecule has 0 spiro atoms. The van der Waals surface area contributed by atoms with E-state index >= 15 is 0 Å². The van der Waals surface area contributed by atoms with E-state index < -0.39 is 22.5 Å². The number of ether oxygens (including phenoxy) is 2. The summed E-state index contributed by atoms with van der Waals surface area (Å²) in [5.74, 6) is 0.243. The number of methoxy groups -OCH3 is 1. The van der Waals surface area contributed by atoms with Crippen molar-refractivity contribution in [2.45, 2.75) is 0 Å². The first kappa shape index (κ1) is 21.7. The number of carbonyl (C=O) groups is 1. The van der Waals surface area contributed by atoms with Gasteiger partial charge < -0.3 is 9.47 Å². The van der Waals surface area contributed by atoms with Crippen LogP contribution < -0.4 is 19.2 Å². The van der Waals surface area contributed by atoms with Crippen LogP contribution in [0.15, 0.2) is 53.6 Å². The summed E-state index contributed by atoms with van der Waals surface area (Å²) < 4.78 is 35.6. The molecule has 0 aliphatic rings. The maximum absolute atomic E-state index is 12.2. The summed E-state index contributed by atoms with van der Waals surface area (Å²) in [5.41, 5.74) is 3.23. The lowest BCUT2D eigenvalue weighted by atomic mass is 10.2. The highest BCUT2D eigenvalue weighted by Crippen LogP contribution is 2.29. The Labute approximate surface area is 169 Å². The Kier molecular flexibility index (Phi) is 7.56. The molecular weight excluding hydrogens is 396 g/mol. The number of benzene rings is 2. The lowest BCUT2D eigenvalue weighted by Gasteiger charge is -2.23. The second kappa shape index (κ2) is 10.1. The van der Waals surface area contributed by atoms with Crippen LogP contribution in [0.2, 0.25) is 0 Å². The number of anilines is 1. The number of sulfonamides is 1. The molecule has 9 nitrogen and oxygen atoms in total. The number of nitriles is 1. The molecule has 0 unspecified atom stereocenters. The summed E-state index contributed by atoms with van der Waals surface area (Å²) in [4.78, 5) is 12.2. The Bertz CT molecular complexity index is 1010. The molecule has 0 fully saturated rings. The smallest absolute Gasteiger partial charge is 0.260 e. The molecule has 0 aliphatic heterocycles. The molecule has 0 bridgehead atoms. The maximum Gasteiger partial charge on any atom is 0.260 e. The van der Waals surface area contributed by atoms with E-state index in [-0.39, 0.29) is 12.3 Å². The van der Waals surface area contributed by atoms with Crippen molar-refractivity contribution in [2.24, 2.45) is 5.10 Å². The van der Waals surface area contributed by atoms with Crippen LogP contribution >= 0.6 is 0 Å². The molecule has 0 atom stereocenters. The zero-order valence-corrected chi connectivity index (χ0v) is 16.7. The van der Waals surface area contributed by atoms with Gasteiger partial charge in [0.25, 0.3) is 5.91 Å². The molecule has 0 aromatic heterocycles. The van der Waals surface area contributed by atoms with E-state index in [1.54, 1.807) is 48.5 Å². The summed E-state index contributed by atoms with van der Waals surface area (Å²) in [5, 5.41) is 12.3. The standard InChI is InChI=1S/C19H20N4O5S/c1-27-18-6-4-3-5-17(18)23(29(2,25)26)14-19(24)22-21-13-15-7-9-16(10-8-15)28-12-11-20/h3-10,13H,12,14H2,1-2H3,(H,22,24)/b21-13+. The molecule has 2 aromatic rings. The quantitative estimate of drug-likeness (QED) is 0.489. The van der Waals surface area contributed by atoms with Gasteiger partial charge in [0.2, 0.25) is 10.0 Å². The molecule has 0 saturated carbocycles. The second-order valence-corrected chi connectivity index (χ2v) is 7.66. The predicted molar refractivity (Wildman–Crippen MR) is 108 cm³/mol. The third-order valence-corrected chi connectivity index (χ3v) is 4.75. The van der Waals surface area contributed by atoms with Gasteiger partial charge in [-0.15, -0.1) is 0 Å².